The predicted molar refractivity (Wildman–Crippen MR) is 78.5 cm³/mol. The number of hydrogen-bond donors (Lipinski definition) is 1. The van der Waals surface area contributed by atoms with Gasteiger partial charge in [0.05, 0.1) is 11.6 Å². The molecule has 0 aliphatic rings. The Labute approximate surface area is 141 Å². The van der Waals surface area contributed by atoms with Crippen molar-refractivity contribution in [3.05, 3.63) is 65.4 Å². The molecule has 1 aromatic heterocycles. The van der Waals surface area contributed by atoms with Crippen molar-refractivity contribution in [1.82, 2.24) is 4.57 Å². The number of nitrogens with zero attached hydrogens (tertiary/aromatic N) is 2. The Morgan fingerprint density at radius 1 is 1.32 bits per heavy atom. The molecule has 4 nitrogen and oxygen atoms in total. The number of benzene rings is 2. The van der Waals surface area contributed by atoms with Gasteiger partial charge in [0, 0.05) is 38.5 Å². The van der Waals surface area contributed by atoms with Crippen LogP contribution in [0.5, 0.6) is 0 Å². The summed E-state index contributed by atoms with van der Waals surface area (Å²) >= 11 is 0. The molecule has 0 amide bonds. The molecule has 0 radical (unpaired) electrons. The standard InChI is InChI=1S/C17H11N2O2.Mo/c1-11-2-7-15-13(9-18)10-19(16(15)8-11)14-5-3-12(4-6-14)17(20)21;/h3-8,10H,1H3,(H,20,21);/q-1;. The van der Waals surface area contributed by atoms with Crippen LogP contribution in [0.2, 0.25) is 0 Å². The van der Waals surface area contributed by atoms with Crippen LogP contribution in [-0.2, 0) is 21.1 Å². The van der Waals surface area contributed by atoms with Crippen LogP contribution in [-0.4, -0.2) is 15.6 Å². The van der Waals surface area contributed by atoms with Crippen molar-refractivity contribution in [3.8, 4) is 11.8 Å². The molecule has 0 fully saturated rings. The Morgan fingerprint density at radius 3 is 2.59 bits per heavy atom. The Balaban J connectivity index is 0.00000176. The van der Waals surface area contributed by atoms with E-state index in [4.69, 9.17) is 5.11 Å². The van der Waals surface area contributed by atoms with Crippen molar-refractivity contribution in [2.75, 3.05) is 0 Å². The van der Waals surface area contributed by atoms with E-state index in [0.717, 1.165) is 22.2 Å². The predicted octanol–water partition coefficient (Wildman–Crippen LogP) is 3.31. The van der Waals surface area contributed by atoms with Gasteiger partial charge in [-0.25, -0.2) is 4.79 Å². The second-order valence-electron chi connectivity index (χ2n) is 4.79. The van der Waals surface area contributed by atoms with Crippen LogP contribution in [0.3, 0.4) is 0 Å². The summed E-state index contributed by atoms with van der Waals surface area (Å²) in [6, 6.07) is 15.6. The Bertz CT molecular complexity index is 889. The molecule has 0 unspecified atom stereocenters. The summed E-state index contributed by atoms with van der Waals surface area (Å²) in [4.78, 5) is 10.9. The molecule has 1 heterocycles. The Hall–Kier alpha value is -2.37. The number of aromatic carboxylic acids is 1. The zero-order valence-corrected chi connectivity index (χ0v) is 13.7. The van der Waals surface area contributed by atoms with Gasteiger partial charge in [0.1, 0.15) is 0 Å². The van der Waals surface area contributed by atoms with Crippen molar-refractivity contribution >= 4 is 16.9 Å². The molecule has 0 saturated heterocycles. The van der Waals surface area contributed by atoms with E-state index in [1.165, 1.54) is 0 Å². The SMILES string of the molecule is Cc1[c-]cc2c(C#N)cn(-c3ccc(C(=O)O)cc3)c2c1.[Mo]. The van der Waals surface area contributed by atoms with E-state index in [-0.39, 0.29) is 26.6 Å². The van der Waals surface area contributed by atoms with Crippen molar-refractivity contribution in [1.29, 1.82) is 5.26 Å². The van der Waals surface area contributed by atoms with Crippen LogP contribution >= 0.6 is 0 Å². The monoisotopic (exact) mass is 373 g/mol. The third-order valence-corrected chi connectivity index (χ3v) is 3.39. The molecule has 108 valence electrons. The third kappa shape index (κ3) is 2.68. The van der Waals surface area contributed by atoms with E-state index >= 15 is 0 Å². The maximum atomic E-state index is 10.9. The van der Waals surface area contributed by atoms with Gasteiger partial charge in [0.2, 0.25) is 0 Å². The van der Waals surface area contributed by atoms with Gasteiger partial charge in [-0.05, 0) is 24.3 Å². The molecule has 0 aliphatic carbocycles. The average molecular weight is 371 g/mol. The molecular weight excluding hydrogens is 360 g/mol. The molecule has 22 heavy (non-hydrogen) atoms. The van der Waals surface area contributed by atoms with E-state index in [1.807, 2.05) is 23.6 Å². The number of aryl methyl sites for hydroxylation is 1. The van der Waals surface area contributed by atoms with Gasteiger partial charge in [0.25, 0.3) is 0 Å². The van der Waals surface area contributed by atoms with Crippen LogP contribution < -0.4 is 0 Å². The summed E-state index contributed by atoms with van der Waals surface area (Å²) in [5, 5.41) is 19.0. The number of carboxylic acids is 1. The molecule has 3 rings (SSSR count). The van der Waals surface area contributed by atoms with Gasteiger partial charge in [0.15, 0.2) is 0 Å². The number of aromatic nitrogens is 1. The normalized spacial score (nSPS) is 10.0. The number of rotatable bonds is 2. The number of fused-ring (bicyclic) bond motifs is 1. The zero-order valence-electron chi connectivity index (χ0n) is 11.7. The fourth-order valence-electron chi connectivity index (χ4n) is 2.33. The van der Waals surface area contributed by atoms with Gasteiger partial charge in [-0.3, -0.25) is 0 Å². The summed E-state index contributed by atoms with van der Waals surface area (Å²) in [7, 11) is 0. The first-order valence-corrected chi connectivity index (χ1v) is 6.37. The Morgan fingerprint density at radius 2 is 2.00 bits per heavy atom. The quantitative estimate of drug-likeness (QED) is 0.555. The van der Waals surface area contributed by atoms with E-state index in [1.54, 1.807) is 30.5 Å². The summed E-state index contributed by atoms with van der Waals surface area (Å²) in [6.45, 7) is 1.94. The molecule has 0 atom stereocenters. The zero-order chi connectivity index (χ0) is 15.0. The minimum absolute atomic E-state index is 0. The van der Waals surface area contributed by atoms with E-state index < -0.39 is 5.97 Å². The fourth-order valence-corrected chi connectivity index (χ4v) is 2.33. The van der Waals surface area contributed by atoms with Gasteiger partial charge in [-0.2, -0.15) is 23.0 Å². The topological polar surface area (TPSA) is 66.0 Å². The minimum atomic E-state index is -0.956. The van der Waals surface area contributed by atoms with Crippen LogP contribution in [0.4, 0.5) is 0 Å². The Kier molecular flexibility index (Phi) is 4.49. The average Bonchev–Trinajstić information content (AvgIpc) is 2.85. The molecule has 0 spiro atoms. The number of carbonyl (C=O) groups is 1. The molecule has 0 bridgehead atoms. The number of nitriles is 1. The maximum absolute atomic E-state index is 10.9. The fraction of sp³-hybridized carbons (Fsp3) is 0.0588. The second kappa shape index (κ2) is 6.17. The van der Waals surface area contributed by atoms with Crippen molar-refractivity contribution in [2.45, 2.75) is 6.92 Å². The smallest absolute Gasteiger partial charge is 0.335 e. The van der Waals surface area contributed by atoms with Crippen LogP contribution in [0.1, 0.15) is 21.5 Å². The van der Waals surface area contributed by atoms with E-state index in [9.17, 15) is 10.1 Å². The number of hydrogen-bond acceptors (Lipinski definition) is 2. The van der Waals surface area contributed by atoms with Gasteiger partial charge in [-0.15, -0.1) is 6.07 Å². The maximum Gasteiger partial charge on any atom is 0.335 e. The van der Waals surface area contributed by atoms with Gasteiger partial charge < -0.3 is 9.67 Å². The molecule has 0 saturated carbocycles. The second-order valence-corrected chi connectivity index (χ2v) is 4.79. The minimum Gasteiger partial charge on any atom is -0.478 e. The molecular formula is C17H11MoN2O2-. The van der Waals surface area contributed by atoms with Crippen molar-refractivity contribution in [3.63, 3.8) is 0 Å². The van der Waals surface area contributed by atoms with Crippen LogP contribution in [0.25, 0.3) is 16.6 Å². The largest absolute Gasteiger partial charge is 0.478 e. The van der Waals surface area contributed by atoms with Gasteiger partial charge in [-0.1, -0.05) is 17.8 Å². The first-order chi connectivity index (χ1) is 10.1. The molecule has 1 N–H and O–H groups in total. The van der Waals surface area contributed by atoms with Crippen LogP contribution in [0.15, 0.2) is 42.6 Å². The van der Waals surface area contributed by atoms with Crippen molar-refractivity contribution in [2.24, 2.45) is 0 Å². The number of carboxylic acid groups (broad SMARTS) is 1. The summed E-state index contributed by atoms with van der Waals surface area (Å²) in [5.41, 5.74) is 3.51. The molecule has 2 aromatic carbocycles. The molecule has 3 aromatic rings. The van der Waals surface area contributed by atoms with E-state index in [2.05, 4.69) is 12.1 Å². The van der Waals surface area contributed by atoms with Gasteiger partial charge >= 0.3 is 5.97 Å². The van der Waals surface area contributed by atoms with Crippen LogP contribution in [0, 0.1) is 24.3 Å². The first kappa shape index (κ1) is 16.0. The molecule has 0 aliphatic heterocycles. The summed E-state index contributed by atoms with van der Waals surface area (Å²) < 4.78 is 1.89. The third-order valence-electron chi connectivity index (χ3n) is 3.39. The first-order valence-electron chi connectivity index (χ1n) is 6.37. The summed E-state index contributed by atoms with van der Waals surface area (Å²) in [6.07, 6.45) is 1.76. The molecule has 5 heteroatoms. The van der Waals surface area contributed by atoms with Crippen molar-refractivity contribution < 1.29 is 31.0 Å². The van der Waals surface area contributed by atoms with E-state index in [0.29, 0.717) is 5.56 Å². The summed E-state index contributed by atoms with van der Waals surface area (Å²) in [5.74, 6) is -0.956.